The van der Waals surface area contributed by atoms with Gasteiger partial charge in [0.1, 0.15) is 11.8 Å². The molecule has 0 aliphatic rings. The Morgan fingerprint density at radius 2 is 1.95 bits per heavy atom. The molecule has 102 valence electrons. The van der Waals surface area contributed by atoms with Crippen LogP contribution in [-0.2, 0) is 0 Å². The maximum atomic E-state index is 9.27. The number of benzene rings is 2. The second kappa shape index (κ2) is 6.00. The van der Waals surface area contributed by atoms with Crippen molar-refractivity contribution in [2.75, 3.05) is 0 Å². The lowest BCUT2D eigenvalue weighted by atomic mass is 10.2. The number of thioether (sulfide) groups is 1. The first-order valence-corrected chi connectivity index (χ1v) is 7.82. The number of rotatable bonds is 3. The summed E-state index contributed by atoms with van der Waals surface area (Å²) in [7, 11) is 0. The number of para-hydroxylation sites is 1. The van der Waals surface area contributed by atoms with Gasteiger partial charge in [-0.2, -0.15) is 5.26 Å². The number of nitrogens with zero attached hydrogens (tertiary/aromatic N) is 2. The molecule has 1 heterocycles. The van der Waals surface area contributed by atoms with Crippen LogP contribution in [0.15, 0.2) is 57.8 Å². The molecule has 0 saturated carbocycles. The molecule has 0 fully saturated rings. The standard InChI is InChI=1S/C16H10N2OS2/c17-10-13(9-11-5-7-12(19)8-6-11)20-16-18-14-3-1-2-4-15(14)21-16/h1-9,19H. The zero-order valence-electron chi connectivity index (χ0n) is 10.9. The molecule has 0 aliphatic carbocycles. The third-order valence-electron chi connectivity index (χ3n) is 2.77. The average molecular weight is 310 g/mol. The number of nitriles is 1. The normalized spacial score (nSPS) is 11.5. The molecular formula is C16H10N2OS2. The van der Waals surface area contributed by atoms with Crippen LogP contribution in [-0.4, -0.2) is 10.1 Å². The molecule has 0 atom stereocenters. The SMILES string of the molecule is N#CC(=Cc1ccc(O)cc1)Sc1nc2ccccc2s1. The molecule has 5 heteroatoms. The highest BCUT2D eigenvalue weighted by Crippen LogP contribution is 2.34. The monoisotopic (exact) mass is 310 g/mol. The molecule has 0 bridgehead atoms. The lowest BCUT2D eigenvalue weighted by molar-refractivity contribution is 0.475. The fourth-order valence-corrected chi connectivity index (χ4v) is 3.77. The van der Waals surface area contributed by atoms with Crippen molar-refractivity contribution in [3.63, 3.8) is 0 Å². The van der Waals surface area contributed by atoms with Gasteiger partial charge in [-0.25, -0.2) is 4.98 Å². The van der Waals surface area contributed by atoms with Crippen LogP contribution in [0.3, 0.4) is 0 Å². The zero-order chi connectivity index (χ0) is 14.7. The second-order valence-corrected chi connectivity index (χ2v) is 6.58. The number of thiazole rings is 1. The van der Waals surface area contributed by atoms with Crippen molar-refractivity contribution >= 4 is 39.4 Å². The molecule has 0 spiro atoms. The van der Waals surface area contributed by atoms with Gasteiger partial charge in [-0.1, -0.05) is 24.3 Å². The highest BCUT2D eigenvalue weighted by molar-refractivity contribution is 8.05. The van der Waals surface area contributed by atoms with E-state index in [2.05, 4.69) is 11.1 Å². The van der Waals surface area contributed by atoms with E-state index in [1.165, 1.54) is 11.8 Å². The molecule has 0 radical (unpaired) electrons. The van der Waals surface area contributed by atoms with Crippen LogP contribution in [0.5, 0.6) is 5.75 Å². The molecule has 3 aromatic rings. The Labute approximate surface area is 130 Å². The molecule has 1 N–H and O–H groups in total. The largest absolute Gasteiger partial charge is 0.508 e. The first-order chi connectivity index (χ1) is 10.2. The summed E-state index contributed by atoms with van der Waals surface area (Å²) in [6.45, 7) is 0. The van der Waals surface area contributed by atoms with Gasteiger partial charge in [0.05, 0.1) is 15.1 Å². The van der Waals surface area contributed by atoms with Crippen molar-refractivity contribution in [2.45, 2.75) is 4.34 Å². The van der Waals surface area contributed by atoms with Crippen molar-refractivity contribution in [3.8, 4) is 11.8 Å². The van der Waals surface area contributed by atoms with Gasteiger partial charge in [0.25, 0.3) is 0 Å². The van der Waals surface area contributed by atoms with E-state index in [1.54, 1.807) is 41.7 Å². The Kier molecular flexibility index (Phi) is 3.91. The smallest absolute Gasteiger partial charge is 0.156 e. The molecule has 0 unspecified atom stereocenters. The van der Waals surface area contributed by atoms with E-state index in [0.717, 1.165) is 20.1 Å². The van der Waals surface area contributed by atoms with Gasteiger partial charge in [0, 0.05) is 0 Å². The van der Waals surface area contributed by atoms with E-state index in [4.69, 9.17) is 0 Å². The van der Waals surface area contributed by atoms with Crippen molar-refractivity contribution in [3.05, 3.63) is 59.0 Å². The van der Waals surface area contributed by atoms with E-state index in [-0.39, 0.29) is 5.75 Å². The molecule has 21 heavy (non-hydrogen) atoms. The summed E-state index contributed by atoms with van der Waals surface area (Å²) in [6.07, 6.45) is 1.79. The summed E-state index contributed by atoms with van der Waals surface area (Å²) in [5, 5.41) is 18.5. The summed E-state index contributed by atoms with van der Waals surface area (Å²) < 4.78 is 1.96. The minimum absolute atomic E-state index is 0.212. The van der Waals surface area contributed by atoms with Crippen LogP contribution >= 0.6 is 23.1 Å². The lowest BCUT2D eigenvalue weighted by Crippen LogP contribution is -1.76. The summed E-state index contributed by atoms with van der Waals surface area (Å²) in [5.41, 5.74) is 1.82. The Morgan fingerprint density at radius 1 is 1.19 bits per heavy atom. The van der Waals surface area contributed by atoms with Crippen LogP contribution < -0.4 is 0 Å². The molecule has 3 rings (SSSR count). The molecule has 0 aliphatic heterocycles. The number of aromatic hydroxyl groups is 1. The van der Waals surface area contributed by atoms with Gasteiger partial charge in [0.2, 0.25) is 0 Å². The van der Waals surface area contributed by atoms with Crippen LogP contribution in [0.1, 0.15) is 5.56 Å². The molecule has 3 nitrogen and oxygen atoms in total. The Hall–Kier alpha value is -2.29. The number of allylic oxidation sites excluding steroid dienone is 1. The molecular weight excluding hydrogens is 300 g/mol. The lowest BCUT2D eigenvalue weighted by Gasteiger charge is -1.97. The van der Waals surface area contributed by atoms with Crippen molar-refractivity contribution in [1.82, 2.24) is 4.98 Å². The van der Waals surface area contributed by atoms with E-state index >= 15 is 0 Å². The van der Waals surface area contributed by atoms with E-state index < -0.39 is 0 Å². The van der Waals surface area contributed by atoms with Crippen molar-refractivity contribution in [1.29, 1.82) is 5.26 Å². The Balaban J connectivity index is 1.87. The van der Waals surface area contributed by atoms with Crippen molar-refractivity contribution in [2.24, 2.45) is 0 Å². The number of aromatic nitrogens is 1. The number of hydrogen-bond acceptors (Lipinski definition) is 5. The highest BCUT2D eigenvalue weighted by Gasteiger charge is 2.07. The Morgan fingerprint density at radius 3 is 2.67 bits per heavy atom. The summed E-state index contributed by atoms with van der Waals surface area (Å²) in [4.78, 5) is 5.07. The zero-order valence-corrected chi connectivity index (χ0v) is 12.5. The van der Waals surface area contributed by atoms with Crippen molar-refractivity contribution < 1.29 is 5.11 Å². The van der Waals surface area contributed by atoms with Gasteiger partial charge in [0.15, 0.2) is 4.34 Å². The minimum atomic E-state index is 0.212. The number of phenolic OH excluding ortho intramolecular Hbond substituents is 1. The van der Waals surface area contributed by atoms with Gasteiger partial charge >= 0.3 is 0 Å². The first-order valence-electron chi connectivity index (χ1n) is 6.19. The van der Waals surface area contributed by atoms with Crippen LogP contribution in [0.25, 0.3) is 16.3 Å². The summed E-state index contributed by atoms with van der Waals surface area (Å²) >= 11 is 2.93. The second-order valence-electron chi connectivity index (χ2n) is 4.26. The third-order valence-corrected chi connectivity index (χ3v) is 4.80. The molecule has 2 aromatic carbocycles. The summed E-state index contributed by atoms with van der Waals surface area (Å²) in [6, 6.07) is 16.8. The predicted octanol–water partition coefficient (Wildman–Crippen LogP) is 4.66. The van der Waals surface area contributed by atoms with Crippen LogP contribution in [0.4, 0.5) is 0 Å². The van der Waals surface area contributed by atoms with E-state index in [9.17, 15) is 10.4 Å². The van der Waals surface area contributed by atoms with Gasteiger partial charge in [-0.3, -0.25) is 0 Å². The fourth-order valence-electron chi connectivity index (χ4n) is 1.80. The number of phenols is 1. The minimum Gasteiger partial charge on any atom is -0.508 e. The molecule has 0 saturated heterocycles. The first kappa shape index (κ1) is 13.7. The Bertz CT molecular complexity index is 812. The topological polar surface area (TPSA) is 56.9 Å². The quantitative estimate of drug-likeness (QED) is 0.564. The van der Waals surface area contributed by atoms with E-state index in [0.29, 0.717) is 4.91 Å². The molecule has 0 amide bonds. The highest BCUT2D eigenvalue weighted by atomic mass is 32.2. The predicted molar refractivity (Wildman–Crippen MR) is 87.2 cm³/mol. The third kappa shape index (κ3) is 3.24. The maximum absolute atomic E-state index is 9.27. The van der Waals surface area contributed by atoms with Crippen LogP contribution in [0.2, 0.25) is 0 Å². The molecule has 1 aromatic heterocycles. The van der Waals surface area contributed by atoms with Gasteiger partial charge in [-0.05, 0) is 47.7 Å². The average Bonchev–Trinajstić information content (AvgIpc) is 2.91. The number of fused-ring (bicyclic) bond motifs is 1. The van der Waals surface area contributed by atoms with Gasteiger partial charge < -0.3 is 5.11 Å². The van der Waals surface area contributed by atoms with Gasteiger partial charge in [-0.15, -0.1) is 11.3 Å². The maximum Gasteiger partial charge on any atom is 0.156 e. The summed E-state index contributed by atoms with van der Waals surface area (Å²) in [5.74, 6) is 0.212. The van der Waals surface area contributed by atoms with Crippen LogP contribution in [0, 0.1) is 11.3 Å². The van der Waals surface area contributed by atoms with E-state index in [1.807, 2.05) is 24.3 Å². The fraction of sp³-hybridized carbons (Fsp3) is 0. The number of hydrogen-bond donors (Lipinski definition) is 1.